The number of amides is 1. The predicted molar refractivity (Wildman–Crippen MR) is 55.0 cm³/mol. The van der Waals surface area contributed by atoms with Gasteiger partial charge in [0.15, 0.2) is 0 Å². The van der Waals surface area contributed by atoms with Gasteiger partial charge in [-0.25, -0.2) is 0 Å². The zero-order chi connectivity index (χ0) is 12.5. The summed E-state index contributed by atoms with van der Waals surface area (Å²) in [5.41, 5.74) is 6.95. The zero-order valence-electron chi connectivity index (χ0n) is 8.77. The minimum atomic E-state index is -4.90. The van der Waals surface area contributed by atoms with Crippen molar-refractivity contribution in [2.24, 2.45) is 0 Å². The molecule has 0 bridgehead atoms. The Morgan fingerprint density at radius 2 is 1.88 bits per heavy atom. The predicted octanol–water partition coefficient (Wildman–Crippen LogP) is 2.39. The number of carbonyl (C=O) groups is 1. The number of anilines is 2. The average molecular weight is 232 g/mol. The lowest BCUT2D eigenvalue weighted by Gasteiger charge is -2.14. The van der Waals surface area contributed by atoms with Gasteiger partial charge in [-0.15, -0.1) is 0 Å². The molecule has 88 valence electrons. The number of rotatable bonds is 1. The van der Waals surface area contributed by atoms with Crippen LogP contribution in [0.15, 0.2) is 12.1 Å². The summed E-state index contributed by atoms with van der Waals surface area (Å²) in [6, 6.07) is 3.13. The van der Waals surface area contributed by atoms with E-state index in [1.165, 1.54) is 0 Å². The maximum absolute atomic E-state index is 12.1. The second-order valence-corrected chi connectivity index (χ2v) is 3.42. The molecule has 3 nitrogen and oxygen atoms in total. The van der Waals surface area contributed by atoms with E-state index in [4.69, 9.17) is 5.73 Å². The molecule has 1 rings (SSSR count). The number of hydrogen-bond donors (Lipinski definition) is 2. The number of aryl methyl sites for hydroxylation is 1. The molecule has 1 aromatic rings. The van der Waals surface area contributed by atoms with Crippen LogP contribution in [0.5, 0.6) is 0 Å². The SMILES string of the molecule is Cc1ccc(N)c(C)c1NC(=O)C(F)(F)F. The van der Waals surface area contributed by atoms with E-state index in [2.05, 4.69) is 0 Å². The standard InChI is InChI=1S/C10H11F3N2O/c1-5-3-4-7(14)6(2)8(5)15-9(16)10(11,12)13/h3-4H,14H2,1-2H3,(H,15,16). The molecule has 0 saturated heterocycles. The van der Waals surface area contributed by atoms with E-state index in [9.17, 15) is 18.0 Å². The fraction of sp³-hybridized carbons (Fsp3) is 0.300. The van der Waals surface area contributed by atoms with Gasteiger partial charge in [-0.1, -0.05) is 6.07 Å². The lowest BCUT2D eigenvalue weighted by molar-refractivity contribution is -0.167. The number of nitrogens with one attached hydrogen (secondary N) is 1. The fourth-order valence-electron chi connectivity index (χ4n) is 1.24. The topological polar surface area (TPSA) is 55.1 Å². The summed E-state index contributed by atoms with van der Waals surface area (Å²) in [5, 5.41) is 1.82. The van der Waals surface area contributed by atoms with E-state index in [1.54, 1.807) is 26.0 Å². The number of nitrogen functional groups attached to an aromatic ring is 1. The van der Waals surface area contributed by atoms with E-state index in [-0.39, 0.29) is 5.69 Å². The molecule has 3 N–H and O–H groups in total. The minimum Gasteiger partial charge on any atom is -0.398 e. The van der Waals surface area contributed by atoms with Gasteiger partial charge in [0, 0.05) is 11.4 Å². The monoisotopic (exact) mass is 232 g/mol. The van der Waals surface area contributed by atoms with Crippen molar-refractivity contribution in [1.29, 1.82) is 0 Å². The van der Waals surface area contributed by atoms with Crippen LogP contribution in [0, 0.1) is 13.8 Å². The van der Waals surface area contributed by atoms with Crippen LogP contribution in [0.1, 0.15) is 11.1 Å². The van der Waals surface area contributed by atoms with Crippen LogP contribution in [0.2, 0.25) is 0 Å². The first kappa shape index (κ1) is 12.4. The van der Waals surface area contributed by atoms with Gasteiger partial charge in [-0.3, -0.25) is 4.79 Å². The van der Waals surface area contributed by atoms with Crippen molar-refractivity contribution in [2.75, 3.05) is 11.1 Å². The Bertz CT molecular complexity index is 427. The zero-order valence-corrected chi connectivity index (χ0v) is 8.77. The lowest BCUT2D eigenvalue weighted by Crippen LogP contribution is -2.30. The molecule has 0 atom stereocenters. The summed E-state index contributed by atoms with van der Waals surface area (Å²) in [6.45, 7) is 3.15. The number of nitrogens with two attached hydrogens (primary N) is 1. The van der Waals surface area contributed by atoms with E-state index >= 15 is 0 Å². The summed E-state index contributed by atoms with van der Waals surface area (Å²) in [4.78, 5) is 10.8. The van der Waals surface area contributed by atoms with Gasteiger partial charge < -0.3 is 11.1 Å². The summed E-state index contributed by atoms with van der Waals surface area (Å²) >= 11 is 0. The molecule has 0 spiro atoms. The van der Waals surface area contributed by atoms with Crippen LogP contribution in [0.3, 0.4) is 0 Å². The average Bonchev–Trinajstić information content (AvgIpc) is 2.17. The Morgan fingerprint density at radius 1 is 1.31 bits per heavy atom. The third kappa shape index (κ3) is 2.44. The first-order valence-electron chi connectivity index (χ1n) is 4.47. The van der Waals surface area contributed by atoms with Crippen LogP contribution < -0.4 is 11.1 Å². The number of alkyl halides is 3. The van der Waals surface area contributed by atoms with Crippen molar-refractivity contribution in [2.45, 2.75) is 20.0 Å². The third-order valence-electron chi connectivity index (χ3n) is 2.21. The van der Waals surface area contributed by atoms with Crippen LogP contribution in [0.4, 0.5) is 24.5 Å². The van der Waals surface area contributed by atoms with Gasteiger partial charge >= 0.3 is 12.1 Å². The first-order valence-corrected chi connectivity index (χ1v) is 4.47. The van der Waals surface area contributed by atoms with Gasteiger partial charge in [0.2, 0.25) is 0 Å². The Labute approximate surface area is 90.4 Å². The Hall–Kier alpha value is -1.72. The van der Waals surface area contributed by atoms with Crippen LogP contribution in [-0.4, -0.2) is 12.1 Å². The molecule has 0 heterocycles. The molecule has 16 heavy (non-hydrogen) atoms. The maximum atomic E-state index is 12.1. The van der Waals surface area contributed by atoms with Gasteiger partial charge in [-0.05, 0) is 31.0 Å². The molecule has 0 saturated carbocycles. The number of carbonyl (C=O) groups excluding carboxylic acids is 1. The van der Waals surface area contributed by atoms with Crippen molar-refractivity contribution in [3.8, 4) is 0 Å². The second-order valence-electron chi connectivity index (χ2n) is 3.42. The van der Waals surface area contributed by atoms with E-state index in [1.807, 2.05) is 5.32 Å². The molecule has 0 fully saturated rings. The quantitative estimate of drug-likeness (QED) is 0.730. The van der Waals surface area contributed by atoms with Crippen molar-refractivity contribution in [3.05, 3.63) is 23.3 Å². The summed E-state index contributed by atoms with van der Waals surface area (Å²) in [5.74, 6) is -2.00. The minimum absolute atomic E-state index is 0.113. The highest BCUT2D eigenvalue weighted by atomic mass is 19.4. The lowest BCUT2D eigenvalue weighted by atomic mass is 10.1. The molecule has 0 unspecified atom stereocenters. The highest BCUT2D eigenvalue weighted by Gasteiger charge is 2.39. The summed E-state index contributed by atoms with van der Waals surface area (Å²) in [7, 11) is 0. The van der Waals surface area contributed by atoms with Gasteiger partial charge in [0.25, 0.3) is 0 Å². The molecule has 0 aliphatic heterocycles. The van der Waals surface area contributed by atoms with Crippen LogP contribution in [-0.2, 0) is 4.79 Å². The second kappa shape index (κ2) is 4.03. The van der Waals surface area contributed by atoms with Crippen molar-refractivity contribution in [3.63, 3.8) is 0 Å². The maximum Gasteiger partial charge on any atom is 0.471 e. The van der Waals surface area contributed by atoms with E-state index in [0.717, 1.165) is 0 Å². The molecule has 0 aromatic heterocycles. The number of benzene rings is 1. The van der Waals surface area contributed by atoms with E-state index in [0.29, 0.717) is 16.8 Å². The molecule has 6 heteroatoms. The smallest absolute Gasteiger partial charge is 0.398 e. The molecule has 1 aromatic carbocycles. The van der Waals surface area contributed by atoms with Gasteiger partial charge in [0.1, 0.15) is 0 Å². The Morgan fingerprint density at radius 3 is 2.38 bits per heavy atom. The molecule has 1 amide bonds. The first-order chi connectivity index (χ1) is 7.23. The van der Waals surface area contributed by atoms with Gasteiger partial charge in [-0.2, -0.15) is 13.2 Å². The Kier molecular flexibility index (Phi) is 3.11. The molecule has 0 radical (unpaired) electrons. The van der Waals surface area contributed by atoms with Gasteiger partial charge in [0.05, 0.1) is 0 Å². The highest BCUT2D eigenvalue weighted by Crippen LogP contribution is 2.27. The molecular weight excluding hydrogens is 221 g/mol. The summed E-state index contributed by atoms with van der Waals surface area (Å²) < 4.78 is 36.2. The molecule has 0 aliphatic carbocycles. The van der Waals surface area contributed by atoms with E-state index < -0.39 is 12.1 Å². The molecular formula is C10H11F3N2O. The largest absolute Gasteiger partial charge is 0.471 e. The highest BCUT2D eigenvalue weighted by molar-refractivity contribution is 5.96. The summed E-state index contributed by atoms with van der Waals surface area (Å²) in [6.07, 6.45) is -4.90. The van der Waals surface area contributed by atoms with Crippen molar-refractivity contribution < 1.29 is 18.0 Å². The Balaban J connectivity index is 3.07. The number of hydrogen-bond acceptors (Lipinski definition) is 2. The number of halogens is 3. The fourth-order valence-corrected chi connectivity index (χ4v) is 1.24. The van der Waals surface area contributed by atoms with Crippen LogP contribution in [0.25, 0.3) is 0 Å². The van der Waals surface area contributed by atoms with Crippen molar-refractivity contribution in [1.82, 2.24) is 0 Å². The van der Waals surface area contributed by atoms with Crippen molar-refractivity contribution >= 4 is 17.3 Å². The van der Waals surface area contributed by atoms with Crippen LogP contribution >= 0.6 is 0 Å². The normalized spacial score (nSPS) is 11.3. The molecule has 0 aliphatic rings. The third-order valence-corrected chi connectivity index (χ3v) is 2.21.